The van der Waals surface area contributed by atoms with Gasteiger partial charge in [0.25, 0.3) is 5.56 Å². The second kappa shape index (κ2) is 7.35. The molecular formula is C22H21N5O2. The number of likely N-dealkylation sites (N-methyl/N-ethyl adjacent to an activating group) is 1. The number of anilines is 1. The molecule has 0 aliphatic rings. The summed E-state index contributed by atoms with van der Waals surface area (Å²) < 4.78 is 2.98. The maximum Gasteiger partial charge on any atom is 0.264 e. The third kappa shape index (κ3) is 3.42. The van der Waals surface area contributed by atoms with Crippen LogP contribution in [0.2, 0.25) is 0 Å². The first kappa shape index (κ1) is 18.6. The van der Waals surface area contributed by atoms with Crippen molar-refractivity contribution in [3.05, 3.63) is 82.5 Å². The number of carbonyl (C=O) groups excluding carboxylic acids is 1. The Balaban J connectivity index is 1.67. The number of aromatic nitrogens is 4. The molecule has 4 rings (SSSR count). The summed E-state index contributed by atoms with van der Waals surface area (Å²) in [6, 6.07) is 15.3. The van der Waals surface area contributed by atoms with Gasteiger partial charge in [0.2, 0.25) is 5.91 Å². The molecule has 0 saturated heterocycles. The van der Waals surface area contributed by atoms with Crippen LogP contribution in [0.15, 0.2) is 65.8 Å². The van der Waals surface area contributed by atoms with Crippen molar-refractivity contribution >= 4 is 22.6 Å². The standard InChI is InChI=1S/C22H21N5O2/c1-15-9-10-19(16(2)11-15)27-21-18(12-24-27)22(29)26(14-23-21)13-20(28)25(3)17-7-5-4-6-8-17/h4-12,14H,13H2,1-3H3. The highest BCUT2D eigenvalue weighted by Crippen LogP contribution is 2.19. The number of rotatable bonds is 4. The molecule has 2 heterocycles. The molecular weight excluding hydrogens is 366 g/mol. The van der Waals surface area contributed by atoms with E-state index in [9.17, 15) is 9.59 Å². The lowest BCUT2D eigenvalue weighted by Crippen LogP contribution is -2.34. The molecule has 0 N–H and O–H groups in total. The fraction of sp³-hybridized carbons (Fsp3) is 0.182. The van der Waals surface area contributed by atoms with Gasteiger partial charge in [-0.3, -0.25) is 14.2 Å². The zero-order valence-corrected chi connectivity index (χ0v) is 16.5. The average Bonchev–Trinajstić information content (AvgIpc) is 3.14. The Kier molecular flexibility index (Phi) is 4.72. The van der Waals surface area contributed by atoms with Gasteiger partial charge in [0.1, 0.15) is 18.3 Å². The van der Waals surface area contributed by atoms with Crippen LogP contribution in [0.4, 0.5) is 5.69 Å². The first-order valence-corrected chi connectivity index (χ1v) is 9.28. The van der Waals surface area contributed by atoms with E-state index < -0.39 is 0 Å². The maximum atomic E-state index is 12.9. The van der Waals surface area contributed by atoms with E-state index in [-0.39, 0.29) is 18.0 Å². The lowest BCUT2D eigenvalue weighted by molar-refractivity contribution is -0.118. The first-order chi connectivity index (χ1) is 14.0. The summed E-state index contributed by atoms with van der Waals surface area (Å²) in [6.07, 6.45) is 2.91. The number of hydrogen-bond acceptors (Lipinski definition) is 4. The number of para-hydroxylation sites is 1. The minimum absolute atomic E-state index is 0.0953. The van der Waals surface area contributed by atoms with Gasteiger partial charge < -0.3 is 4.90 Å². The molecule has 2 aromatic carbocycles. The fourth-order valence-corrected chi connectivity index (χ4v) is 3.33. The van der Waals surface area contributed by atoms with E-state index in [1.807, 2.05) is 56.3 Å². The van der Waals surface area contributed by atoms with Crippen LogP contribution in [-0.4, -0.2) is 32.3 Å². The topological polar surface area (TPSA) is 73.0 Å². The highest BCUT2D eigenvalue weighted by atomic mass is 16.2. The van der Waals surface area contributed by atoms with Crippen LogP contribution in [0.3, 0.4) is 0 Å². The van der Waals surface area contributed by atoms with Crippen LogP contribution >= 0.6 is 0 Å². The molecule has 0 aliphatic carbocycles. The second-order valence-electron chi connectivity index (χ2n) is 7.05. The van der Waals surface area contributed by atoms with Crippen molar-refractivity contribution in [1.82, 2.24) is 19.3 Å². The molecule has 7 heteroatoms. The van der Waals surface area contributed by atoms with Gasteiger partial charge in [-0.05, 0) is 37.6 Å². The van der Waals surface area contributed by atoms with Crippen LogP contribution in [-0.2, 0) is 11.3 Å². The Morgan fingerprint density at radius 2 is 1.86 bits per heavy atom. The number of amides is 1. The summed E-state index contributed by atoms with van der Waals surface area (Å²) in [7, 11) is 1.69. The summed E-state index contributed by atoms with van der Waals surface area (Å²) >= 11 is 0. The highest BCUT2D eigenvalue weighted by molar-refractivity contribution is 5.92. The van der Waals surface area contributed by atoms with Crippen molar-refractivity contribution in [3.8, 4) is 5.69 Å². The zero-order chi connectivity index (χ0) is 20.5. The lowest BCUT2D eigenvalue weighted by atomic mass is 10.1. The lowest BCUT2D eigenvalue weighted by Gasteiger charge is -2.17. The van der Waals surface area contributed by atoms with E-state index in [1.165, 1.54) is 22.0 Å². The Hall–Kier alpha value is -3.74. The third-order valence-electron chi connectivity index (χ3n) is 4.96. The summed E-state index contributed by atoms with van der Waals surface area (Å²) in [5.41, 5.74) is 4.01. The van der Waals surface area contributed by atoms with Crippen LogP contribution in [0.1, 0.15) is 11.1 Å². The minimum atomic E-state index is -0.291. The number of hydrogen-bond donors (Lipinski definition) is 0. The molecule has 0 bridgehead atoms. The molecule has 0 radical (unpaired) electrons. The monoisotopic (exact) mass is 387 g/mol. The Morgan fingerprint density at radius 3 is 2.59 bits per heavy atom. The van der Waals surface area contributed by atoms with Crippen molar-refractivity contribution < 1.29 is 4.79 Å². The molecule has 0 aliphatic heterocycles. The normalized spacial score (nSPS) is 11.0. The van der Waals surface area contributed by atoms with E-state index in [2.05, 4.69) is 16.1 Å². The number of aryl methyl sites for hydroxylation is 2. The molecule has 0 atom stereocenters. The maximum absolute atomic E-state index is 12.9. The van der Waals surface area contributed by atoms with Crippen LogP contribution in [0, 0.1) is 13.8 Å². The van der Waals surface area contributed by atoms with Gasteiger partial charge in [0.05, 0.1) is 11.9 Å². The molecule has 0 unspecified atom stereocenters. The molecule has 0 fully saturated rings. The molecule has 1 amide bonds. The van der Waals surface area contributed by atoms with Crippen molar-refractivity contribution in [1.29, 1.82) is 0 Å². The van der Waals surface area contributed by atoms with Gasteiger partial charge in [-0.1, -0.05) is 35.9 Å². The number of fused-ring (bicyclic) bond motifs is 1. The largest absolute Gasteiger partial charge is 0.314 e. The first-order valence-electron chi connectivity index (χ1n) is 9.28. The van der Waals surface area contributed by atoms with Gasteiger partial charge in [-0.2, -0.15) is 5.10 Å². The predicted molar refractivity (Wildman–Crippen MR) is 112 cm³/mol. The SMILES string of the molecule is Cc1ccc(-n2ncc3c(=O)n(CC(=O)N(C)c4ccccc4)cnc32)c(C)c1. The molecule has 4 aromatic rings. The van der Waals surface area contributed by atoms with Gasteiger partial charge in [-0.25, -0.2) is 9.67 Å². The number of benzene rings is 2. The van der Waals surface area contributed by atoms with Crippen LogP contribution in [0.25, 0.3) is 16.7 Å². The fourth-order valence-electron chi connectivity index (χ4n) is 3.33. The quantitative estimate of drug-likeness (QED) is 0.540. The van der Waals surface area contributed by atoms with Gasteiger partial charge in [-0.15, -0.1) is 0 Å². The molecule has 146 valence electrons. The van der Waals surface area contributed by atoms with Crippen LogP contribution < -0.4 is 10.5 Å². The number of nitrogens with zero attached hydrogens (tertiary/aromatic N) is 5. The highest BCUT2D eigenvalue weighted by Gasteiger charge is 2.16. The molecule has 7 nitrogen and oxygen atoms in total. The summed E-state index contributed by atoms with van der Waals surface area (Å²) in [6.45, 7) is 3.93. The molecule has 0 saturated carbocycles. The van der Waals surface area contributed by atoms with Crippen molar-refractivity contribution in [2.45, 2.75) is 20.4 Å². The summed E-state index contributed by atoms with van der Waals surface area (Å²) in [5.74, 6) is -0.207. The van der Waals surface area contributed by atoms with Gasteiger partial charge in [0, 0.05) is 12.7 Å². The molecule has 2 aromatic heterocycles. The smallest absolute Gasteiger partial charge is 0.264 e. The summed E-state index contributed by atoms with van der Waals surface area (Å²) in [5, 5.41) is 4.74. The van der Waals surface area contributed by atoms with E-state index in [4.69, 9.17) is 0 Å². The van der Waals surface area contributed by atoms with Gasteiger partial charge >= 0.3 is 0 Å². The van der Waals surface area contributed by atoms with E-state index in [0.717, 1.165) is 22.5 Å². The van der Waals surface area contributed by atoms with E-state index in [1.54, 1.807) is 11.7 Å². The van der Waals surface area contributed by atoms with Crippen molar-refractivity contribution in [2.24, 2.45) is 0 Å². The van der Waals surface area contributed by atoms with Gasteiger partial charge in [0.15, 0.2) is 5.65 Å². The van der Waals surface area contributed by atoms with Crippen molar-refractivity contribution in [2.75, 3.05) is 11.9 Å². The van der Waals surface area contributed by atoms with E-state index in [0.29, 0.717) is 11.0 Å². The van der Waals surface area contributed by atoms with Crippen molar-refractivity contribution in [3.63, 3.8) is 0 Å². The number of carbonyl (C=O) groups is 1. The van der Waals surface area contributed by atoms with E-state index >= 15 is 0 Å². The minimum Gasteiger partial charge on any atom is -0.314 e. The Morgan fingerprint density at radius 1 is 1.10 bits per heavy atom. The average molecular weight is 387 g/mol. The molecule has 0 spiro atoms. The summed E-state index contributed by atoms with van der Waals surface area (Å²) in [4.78, 5) is 31.5. The third-order valence-corrected chi connectivity index (χ3v) is 4.96. The van der Waals surface area contributed by atoms with Crippen LogP contribution in [0.5, 0.6) is 0 Å². The zero-order valence-electron chi connectivity index (χ0n) is 16.5. The molecule has 29 heavy (non-hydrogen) atoms. The predicted octanol–water partition coefficient (Wildman–Crippen LogP) is 2.86. The Bertz CT molecular complexity index is 1260. The second-order valence-corrected chi connectivity index (χ2v) is 7.05. The Labute approximate surface area is 167 Å².